The van der Waals surface area contributed by atoms with Crippen LogP contribution in [0.1, 0.15) is 43.3 Å². The number of aliphatic imine (C=N–C) groups is 1. The summed E-state index contributed by atoms with van der Waals surface area (Å²) in [6.07, 6.45) is 5.86. The lowest BCUT2D eigenvalue weighted by Crippen LogP contribution is -2.38. The van der Waals surface area contributed by atoms with Crippen LogP contribution >= 0.6 is 0 Å². The number of aryl methyl sites for hydroxylation is 2. The van der Waals surface area contributed by atoms with Crippen LogP contribution < -0.4 is 5.32 Å². The molecule has 30 heavy (non-hydrogen) atoms. The highest BCUT2D eigenvalue weighted by atomic mass is 15.3. The van der Waals surface area contributed by atoms with Crippen molar-refractivity contribution in [1.82, 2.24) is 29.8 Å². The summed E-state index contributed by atoms with van der Waals surface area (Å²) < 4.78 is 3.90. The lowest BCUT2D eigenvalue weighted by molar-refractivity contribution is 0.476. The minimum absolute atomic E-state index is 0.635. The van der Waals surface area contributed by atoms with Crippen molar-refractivity contribution in [1.29, 1.82) is 0 Å². The lowest BCUT2D eigenvalue weighted by atomic mass is 10.1. The van der Waals surface area contributed by atoms with Crippen molar-refractivity contribution in [3.63, 3.8) is 0 Å². The third kappa shape index (κ3) is 4.90. The Kier molecular flexibility index (Phi) is 7.27. The molecule has 3 rings (SSSR count). The number of hydrogen-bond acceptors (Lipinski definition) is 3. The molecular formula is C23H33N7. The van der Waals surface area contributed by atoms with Gasteiger partial charge in [-0.15, -0.1) is 0 Å². The van der Waals surface area contributed by atoms with Crippen molar-refractivity contribution in [3.05, 3.63) is 65.2 Å². The van der Waals surface area contributed by atoms with Gasteiger partial charge in [0.15, 0.2) is 5.96 Å². The fourth-order valence-corrected chi connectivity index (χ4v) is 3.71. The molecule has 0 spiro atoms. The topological polar surface area (TPSA) is 63.3 Å². The van der Waals surface area contributed by atoms with E-state index in [0.29, 0.717) is 6.54 Å². The van der Waals surface area contributed by atoms with Gasteiger partial charge in [-0.3, -0.25) is 4.68 Å². The minimum atomic E-state index is 0.635. The lowest BCUT2D eigenvalue weighted by Gasteiger charge is -2.21. The Bertz CT molecular complexity index is 969. The van der Waals surface area contributed by atoms with Crippen molar-refractivity contribution in [3.8, 4) is 5.69 Å². The second kappa shape index (κ2) is 10.1. The number of benzene rings is 1. The molecule has 2 heterocycles. The Hall–Kier alpha value is -3.09. The molecule has 0 fully saturated rings. The first-order valence-corrected chi connectivity index (χ1v) is 10.7. The molecule has 2 aromatic heterocycles. The summed E-state index contributed by atoms with van der Waals surface area (Å²) in [5.41, 5.74) is 5.85. The molecule has 0 bridgehead atoms. The van der Waals surface area contributed by atoms with E-state index in [2.05, 4.69) is 66.6 Å². The Morgan fingerprint density at radius 3 is 2.57 bits per heavy atom. The number of aromatic nitrogens is 4. The van der Waals surface area contributed by atoms with Crippen LogP contribution in [0, 0.1) is 0 Å². The second-order valence-electron chi connectivity index (χ2n) is 7.36. The van der Waals surface area contributed by atoms with E-state index >= 15 is 0 Å². The Morgan fingerprint density at radius 2 is 1.90 bits per heavy atom. The first-order valence-electron chi connectivity index (χ1n) is 10.7. The summed E-state index contributed by atoms with van der Waals surface area (Å²) in [6.45, 7) is 8.60. The average Bonchev–Trinajstić information content (AvgIpc) is 3.35. The summed E-state index contributed by atoms with van der Waals surface area (Å²) >= 11 is 0. The van der Waals surface area contributed by atoms with Gasteiger partial charge in [0, 0.05) is 50.2 Å². The molecule has 1 aromatic carbocycles. The van der Waals surface area contributed by atoms with Crippen LogP contribution in [0.4, 0.5) is 0 Å². The summed E-state index contributed by atoms with van der Waals surface area (Å²) in [5.74, 6) is 0.887. The zero-order chi connectivity index (χ0) is 21.5. The van der Waals surface area contributed by atoms with E-state index in [1.54, 1.807) is 0 Å². The molecule has 160 valence electrons. The van der Waals surface area contributed by atoms with Crippen LogP contribution in [0.15, 0.2) is 47.7 Å². The van der Waals surface area contributed by atoms with Crippen LogP contribution in [0.2, 0.25) is 0 Å². The van der Waals surface area contributed by atoms with Gasteiger partial charge in [0.25, 0.3) is 0 Å². The summed E-state index contributed by atoms with van der Waals surface area (Å²) in [7, 11) is 4.08. The molecule has 0 aliphatic carbocycles. The van der Waals surface area contributed by atoms with Crippen LogP contribution in [-0.2, 0) is 33.0 Å². The number of nitrogens with one attached hydrogen (secondary N) is 1. The summed E-state index contributed by atoms with van der Waals surface area (Å²) in [5, 5.41) is 12.6. The Balaban J connectivity index is 1.75. The normalized spacial score (nSPS) is 11.7. The highest BCUT2D eigenvalue weighted by Crippen LogP contribution is 2.17. The maximum absolute atomic E-state index is 4.93. The van der Waals surface area contributed by atoms with Gasteiger partial charge in [-0.2, -0.15) is 10.2 Å². The fourth-order valence-electron chi connectivity index (χ4n) is 3.71. The molecule has 0 aliphatic rings. The van der Waals surface area contributed by atoms with Gasteiger partial charge in [-0.05, 0) is 31.9 Å². The third-order valence-electron chi connectivity index (χ3n) is 5.19. The van der Waals surface area contributed by atoms with Crippen LogP contribution in [0.3, 0.4) is 0 Å². The summed E-state index contributed by atoms with van der Waals surface area (Å²) in [6, 6.07) is 10.2. The maximum atomic E-state index is 4.93. The molecule has 3 aromatic rings. The standard InChI is InChI=1S/C23H33N7/c1-6-21-20(22(7-2)29(5)27-21)15-25-23(24-8-3)28(4)16-18-14-26-30(17-18)19-12-10-9-11-13-19/h9-14,17H,6-8,15-16H2,1-5H3,(H,24,25). The quantitative estimate of drug-likeness (QED) is 0.460. The highest BCUT2D eigenvalue weighted by Gasteiger charge is 2.14. The average molecular weight is 408 g/mol. The molecule has 7 heteroatoms. The van der Waals surface area contributed by atoms with E-state index in [1.165, 1.54) is 11.3 Å². The Labute approximate surface area is 179 Å². The van der Waals surface area contributed by atoms with E-state index < -0.39 is 0 Å². The van der Waals surface area contributed by atoms with Crippen molar-refractivity contribution in [2.45, 2.75) is 46.7 Å². The molecule has 0 aliphatic heterocycles. The largest absolute Gasteiger partial charge is 0.357 e. The summed E-state index contributed by atoms with van der Waals surface area (Å²) in [4.78, 5) is 7.07. The Morgan fingerprint density at radius 1 is 1.13 bits per heavy atom. The number of rotatable bonds is 8. The van der Waals surface area contributed by atoms with Crippen molar-refractivity contribution >= 4 is 5.96 Å². The van der Waals surface area contributed by atoms with E-state index in [4.69, 9.17) is 4.99 Å². The van der Waals surface area contributed by atoms with Crippen molar-refractivity contribution < 1.29 is 0 Å². The fraction of sp³-hybridized carbons (Fsp3) is 0.435. The van der Waals surface area contributed by atoms with E-state index in [-0.39, 0.29) is 0 Å². The first-order chi connectivity index (χ1) is 14.6. The predicted molar refractivity (Wildman–Crippen MR) is 122 cm³/mol. The van der Waals surface area contributed by atoms with Gasteiger partial charge < -0.3 is 10.2 Å². The van der Waals surface area contributed by atoms with Crippen molar-refractivity contribution in [2.24, 2.45) is 12.0 Å². The van der Waals surface area contributed by atoms with Gasteiger partial charge in [0.05, 0.1) is 24.1 Å². The molecule has 7 nitrogen and oxygen atoms in total. The molecule has 1 N–H and O–H groups in total. The number of para-hydroxylation sites is 1. The predicted octanol–water partition coefficient (Wildman–Crippen LogP) is 3.33. The molecule has 0 saturated carbocycles. The molecule has 0 unspecified atom stereocenters. The van der Waals surface area contributed by atoms with E-state index in [9.17, 15) is 0 Å². The maximum Gasteiger partial charge on any atom is 0.194 e. The molecular weight excluding hydrogens is 374 g/mol. The van der Waals surface area contributed by atoms with E-state index in [1.807, 2.05) is 40.8 Å². The van der Waals surface area contributed by atoms with Crippen LogP contribution in [-0.4, -0.2) is 44.0 Å². The first kappa shape index (κ1) is 21.6. The van der Waals surface area contributed by atoms with Gasteiger partial charge in [-0.1, -0.05) is 32.0 Å². The third-order valence-corrected chi connectivity index (χ3v) is 5.19. The van der Waals surface area contributed by atoms with Gasteiger partial charge in [0.2, 0.25) is 0 Å². The van der Waals surface area contributed by atoms with Gasteiger partial charge in [-0.25, -0.2) is 9.67 Å². The number of hydrogen-bond donors (Lipinski definition) is 1. The zero-order valence-corrected chi connectivity index (χ0v) is 18.8. The monoisotopic (exact) mass is 407 g/mol. The number of guanidine groups is 1. The highest BCUT2D eigenvalue weighted by molar-refractivity contribution is 5.79. The van der Waals surface area contributed by atoms with Crippen LogP contribution in [0.5, 0.6) is 0 Å². The smallest absolute Gasteiger partial charge is 0.194 e. The van der Waals surface area contributed by atoms with Gasteiger partial charge >= 0.3 is 0 Å². The second-order valence-corrected chi connectivity index (χ2v) is 7.36. The van der Waals surface area contributed by atoms with Crippen molar-refractivity contribution in [2.75, 3.05) is 13.6 Å². The molecule has 0 amide bonds. The SMILES string of the molecule is CCNC(=NCc1c(CC)nn(C)c1CC)N(C)Cc1cnn(-c2ccccc2)c1. The molecule has 0 radical (unpaired) electrons. The minimum Gasteiger partial charge on any atom is -0.357 e. The van der Waals surface area contributed by atoms with E-state index in [0.717, 1.165) is 48.8 Å². The van der Waals surface area contributed by atoms with Gasteiger partial charge in [0.1, 0.15) is 0 Å². The zero-order valence-electron chi connectivity index (χ0n) is 18.8. The number of nitrogens with zero attached hydrogens (tertiary/aromatic N) is 6. The van der Waals surface area contributed by atoms with Crippen LogP contribution in [0.25, 0.3) is 5.69 Å². The molecule has 0 atom stereocenters. The molecule has 0 saturated heterocycles.